The largest absolute Gasteiger partial charge is 0.473 e. The maximum atomic E-state index is 15.6. The monoisotopic (exact) mass is 648 g/mol. The first-order valence-electron chi connectivity index (χ1n) is 17.2. The summed E-state index contributed by atoms with van der Waals surface area (Å²) in [5.41, 5.74) is 9.24. The van der Waals surface area contributed by atoms with Crippen molar-refractivity contribution in [1.82, 2.24) is 9.55 Å². The zero-order chi connectivity index (χ0) is 34.2. The smallest absolute Gasteiger partial charge is 0.262 e. The predicted molar refractivity (Wildman–Crippen MR) is 202 cm³/mol. The van der Waals surface area contributed by atoms with Crippen LogP contribution in [0.4, 0.5) is 0 Å². The highest BCUT2D eigenvalue weighted by Crippen LogP contribution is 2.68. The van der Waals surface area contributed by atoms with Gasteiger partial charge >= 0.3 is 0 Å². The van der Waals surface area contributed by atoms with E-state index in [0.717, 1.165) is 67.0 Å². The summed E-state index contributed by atoms with van der Waals surface area (Å²) in [4.78, 5) is 20.9. The van der Waals surface area contributed by atoms with E-state index in [-0.39, 0.29) is 5.56 Å². The lowest BCUT2D eigenvalue weighted by atomic mass is 9.60. The van der Waals surface area contributed by atoms with Gasteiger partial charge in [0, 0.05) is 27.8 Å². The van der Waals surface area contributed by atoms with E-state index in [2.05, 4.69) is 143 Å². The molecule has 0 saturated carbocycles. The fourth-order valence-electron chi connectivity index (χ4n) is 8.20. The molecule has 4 nitrogen and oxygen atoms in total. The van der Waals surface area contributed by atoms with E-state index in [1.165, 1.54) is 0 Å². The average Bonchev–Trinajstić information content (AvgIpc) is 3.46. The molecule has 0 bridgehead atoms. The zero-order valence-corrected chi connectivity index (χ0v) is 28.6. The van der Waals surface area contributed by atoms with Gasteiger partial charge in [-0.15, -0.1) is 0 Å². The number of aryl methyl sites for hydroxylation is 4. The summed E-state index contributed by atoms with van der Waals surface area (Å²) in [6.07, 6.45) is 0. The highest BCUT2D eigenvalue weighted by Gasteiger charge is 2.69. The van der Waals surface area contributed by atoms with Gasteiger partial charge in [-0.2, -0.15) is 0 Å². The Balaban J connectivity index is 1.59. The van der Waals surface area contributed by atoms with Crippen molar-refractivity contribution in [1.29, 1.82) is 0 Å². The summed E-state index contributed by atoms with van der Waals surface area (Å²) in [5, 5.41) is 0.562. The first-order valence-corrected chi connectivity index (χ1v) is 17.2. The SMILES string of the molecule is Cc1ccc(C2=C(c3ccc(C)cc3)[C@]3(c4ccc(C)cc4)n4c(nc5ccccc5c4=O)-c4ccccc4[C@]3(c3ccc(C)cc3)O2)cc1. The molecule has 4 heteroatoms. The summed E-state index contributed by atoms with van der Waals surface area (Å²) in [6, 6.07) is 50.4. The van der Waals surface area contributed by atoms with Crippen molar-refractivity contribution in [2.24, 2.45) is 0 Å². The van der Waals surface area contributed by atoms with Crippen molar-refractivity contribution in [2.45, 2.75) is 38.8 Å². The highest BCUT2D eigenvalue weighted by molar-refractivity contribution is 6.00. The Morgan fingerprint density at radius 1 is 0.560 bits per heavy atom. The van der Waals surface area contributed by atoms with Crippen LogP contribution in [-0.4, -0.2) is 9.55 Å². The minimum Gasteiger partial charge on any atom is -0.473 e. The van der Waals surface area contributed by atoms with E-state index in [0.29, 0.717) is 16.7 Å². The van der Waals surface area contributed by atoms with Crippen molar-refractivity contribution in [3.63, 3.8) is 0 Å². The summed E-state index contributed by atoms with van der Waals surface area (Å²) in [6.45, 7) is 8.39. The zero-order valence-electron chi connectivity index (χ0n) is 28.6. The molecule has 6 aromatic carbocycles. The number of aromatic nitrogens is 2. The number of fused-ring (bicyclic) bond motifs is 7. The Hall–Kier alpha value is -6.00. The molecule has 0 saturated heterocycles. The van der Waals surface area contributed by atoms with Crippen LogP contribution in [0.5, 0.6) is 0 Å². The van der Waals surface area contributed by atoms with E-state index in [9.17, 15) is 0 Å². The van der Waals surface area contributed by atoms with Crippen LogP contribution in [0, 0.1) is 27.7 Å². The van der Waals surface area contributed by atoms with Gasteiger partial charge in [-0.1, -0.05) is 156 Å². The standard InChI is InChI=1S/C46H36N2O2/c1-29-13-21-33(22-14-29)41-42(34-23-15-30(2)16-24-34)50-46(36-27-19-32(4)20-28-36)39-11-7-5-9-37(39)43-47-40-12-8-6-10-38(40)44(49)48(43)45(41,46)35-25-17-31(3)18-26-35/h5-28H,1-4H3/t45-,46-/m0/s1. The Morgan fingerprint density at radius 2 is 1.08 bits per heavy atom. The third-order valence-corrected chi connectivity index (χ3v) is 10.6. The lowest BCUT2D eigenvalue weighted by Gasteiger charge is -2.51. The van der Waals surface area contributed by atoms with Crippen molar-refractivity contribution in [3.05, 3.63) is 206 Å². The van der Waals surface area contributed by atoms with E-state index < -0.39 is 11.1 Å². The average molecular weight is 649 g/mol. The summed E-state index contributed by atoms with van der Waals surface area (Å²) >= 11 is 0. The van der Waals surface area contributed by atoms with E-state index in [1.54, 1.807) is 0 Å². The molecule has 0 N–H and O–H groups in total. The van der Waals surface area contributed by atoms with Gasteiger partial charge in [0.05, 0.1) is 10.9 Å². The summed E-state index contributed by atoms with van der Waals surface area (Å²) < 4.78 is 9.80. The van der Waals surface area contributed by atoms with Gasteiger partial charge < -0.3 is 4.74 Å². The highest BCUT2D eigenvalue weighted by atomic mass is 16.5. The third kappa shape index (κ3) is 4.05. The molecule has 1 aromatic heterocycles. The predicted octanol–water partition coefficient (Wildman–Crippen LogP) is 9.90. The van der Waals surface area contributed by atoms with Crippen LogP contribution in [0.25, 0.3) is 33.6 Å². The second-order valence-electron chi connectivity index (χ2n) is 13.8. The Kier molecular flexibility index (Phi) is 6.63. The molecule has 3 heterocycles. The minimum absolute atomic E-state index is 0.115. The fraction of sp³-hybridized carbons (Fsp3) is 0.130. The number of nitrogens with zero attached hydrogens (tertiary/aromatic N) is 2. The molecule has 2 aliphatic heterocycles. The van der Waals surface area contributed by atoms with Crippen molar-refractivity contribution >= 4 is 22.2 Å². The van der Waals surface area contributed by atoms with Crippen LogP contribution in [0.2, 0.25) is 0 Å². The van der Waals surface area contributed by atoms with Gasteiger partial charge in [0.15, 0.2) is 11.1 Å². The van der Waals surface area contributed by atoms with E-state index >= 15 is 4.79 Å². The number of hydrogen-bond acceptors (Lipinski definition) is 3. The molecule has 242 valence electrons. The molecule has 7 aromatic rings. The number of para-hydroxylation sites is 1. The minimum atomic E-state index is -1.23. The normalized spacial score (nSPS) is 19.1. The van der Waals surface area contributed by atoms with Gasteiger partial charge in [-0.05, 0) is 51.0 Å². The number of hydrogen-bond donors (Lipinski definition) is 0. The van der Waals surface area contributed by atoms with Crippen LogP contribution in [0.3, 0.4) is 0 Å². The number of rotatable bonds is 4. The molecular weight excluding hydrogens is 613 g/mol. The molecule has 0 radical (unpaired) electrons. The molecule has 0 spiro atoms. The molecule has 2 aliphatic rings. The molecule has 0 fully saturated rings. The van der Waals surface area contributed by atoms with Crippen molar-refractivity contribution in [2.75, 3.05) is 0 Å². The molecular formula is C46H36N2O2. The molecule has 9 rings (SSSR count). The summed E-state index contributed by atoms with van der Waals surface area (Å²) in [5.74, 6) is 1.35. The first-order chi connectivity index (χ1) is 24.3. The van der Waals surface area contributed by atoms with Gasteiger partial charge in [-0.25, -0.2) is 4.98 Å². The summed E-state index contributed by atoms with van der Waals surface area (Å²) in [7, 11) is 0. The van der Waals surface area contributed by atoms with Gasteiger partial charge in [0.2, 0.25) is 0 Å². The Labute approximate surface area is 292 Å². The van der Waals surface area contributed by atoms with Crippen molar-refractivity contribution in [3.8, 4) is 11.4 Å². The topological polar surface area (TPSA) is 44.1 Å². The second-order valence-corrected chi connectivity index (χ2v) is 13.8. The van der Waals surface area contributed by atoms with Crippen LogP contribution >= 0.6 is 0 Å². The van der Waals surface area contributed by atoms with Gasteiger partial charge in [0.25, 0.3) is 5.56 Å². The van der Waals surface area contributed by atoms with Crippen LogP contribution < -0.4 is 5.56 Å². The number of benzene rings is 6. The fourth-order valence-corrected chi connectivity index (χ4v) is 8.20. The lowest BCUT2D eigenvalue weighted by Crippen LogP contribution is -2.59. The third-order valence-electron chi connectivity index (χ3n) is 10.6. The van der Waals surface area contributed by atoms with Crippen molar-refractivity contribution < 1.29 is 4.74 Å². The van der Waals surface area contributed by atoms with Gasteiger partial charge in [-0.3, -0.25) is 9.36 Å². The van der Waals surface area contributed by atoms with Crippen LogP contribution in [0.1, 0.15) is 50.1 Å². The van der Waals surface area contributed by atoms with E-state index in [4.69, 9.17) is 9.72 Å². The molecule has 0 aliphatic carbocycles. The Morgan fingerprint density at radius 3 is 1.72 bits per heavy atom. The lowest BCUT2D eigenvalue weighted by molar-refractivity contribution is 0.0232. The van der Waals surface area contributed by atoms with Crippen LogP contribution in [-0.2, 0) is 15.9 Å². The maximum absolute atomic E-state index is 15.6. The number of ether oxygens (including phenoxy) is 1. The molecule has 0 amide bonds. The van der Waals surface area contributed by atoms with Gasteiger partial charge in [0.1, 0.15) is 11.6 Å². The Bertz CT molecular complexity index is 2540. The quantitative estimate of drug-likeness (QED) is 0.191. The van der Waals surface area contributed by atoms with E-state index in [1.807, 2.05) is 34.9 Å². The first kappa shape index (κ1) is 30.1. The second kappa shape index (κ2) is 11.0. The molecule has 0 unspecified atom stereocenters. The molecule has 50 heavy (non-hydrogen) atoms. The maximum Gasteiger partial charge on any atom is 0.262 e. The molecule has 2 atom stereocenters. The van der Waals surface area contributed by atoms with Crippen LogP contribution in [0.15, 0.2) is 150 Å².